The van der Waals surface area contributed by atoms with E-state index < -0.39 is 0 Å². The van der Waals surface area contributed by atoms with Crippen LogP contribution in [0, 0.1) is 5.82 Å². The van der Waals surface area contributed by atoms with Gasteiger partial charge in [0.1, 0.15) is 11.6 Å². The van der Waals surface area contributed by atoms with E-state index in [2.05, 4.69) is 15.6 Å². The molecule has 0 aliphatic rings. The third-order valence-corrected chi connectivity index (χ3v) is 3.90. The highest BCUT2D eigenvalue weighted by atomic mass is 19.1. The molecule has 2 aromatic carbocycles. The van der Waals surface area contributed by atoms with Crippen molar-refractivity contribution in [3.8, 4) is 5.75 Å². The van der Waals surface area contributed by atoms with Crippen LogP contribution in [0.25, 0.3) is 0 Å². The van der Waals surface area contributed by atoms with Gasteiger partial charge in [-0.2, -0.15) is 0 Å². The topological polar surface area (TPSA) is 54.9 Å². The molecule has 0 atom stereocenters. The molecular formula is C21H28FN3O2. The van der Waals surface area contributed by atoms with Gasteiger partial charge in [-0.3, -0.25) is 0 Å². The predicted molar refractivity (Wildman–Crippen MR) is 106 cm³/mol. The molecule has 2 aromatic rings. The molecular weight excluding hydrogens is 345 g/mol. The molecule has 6 heteroatoms. The molecule has 0 bridgehead atoms. The summed E-state index contributed by atoms with van der Waals surface area (Å²) in [4.78, 5) is 4.43. The van der Waals surface area contributed by atoms with Crippen LogP contribution in [0.1, 0.15) is 24.5 Å². The Kier molecular flexibility index (Phi) is 9.13. The Balaban J connectivity index is 1.67. The van der Waals surface area contributed by atoms with Gasteiger partial charge in [0.25, 0.3) is 0 Å². The summed E-state index contributed by atoms with van der Waals surface area (Å²) in [6, 6.07) is 14.5. The fourth-order valence-corrected chi connectivity index (χ4v) is 2.43. The van der Waals surface area contributed by atoms with Gasteiger partial charge in [0, 0.05) is 25.3 Å². The van der Waals surface area contributed by atoms with Crippen molar-refractivity contribution < 1.29 is 13.9 Å². The Morgan fingerprint density at radius 3 is 2.56 bits per heavy atom. The minimum absolute atomic E-state index is 0.232. The van der Waals surface area contributed by atoms with Crippen molar-refractivity contribution in [1.29, 1.82) is 0 Å². The summed E-state index contributed by atoms with van der Waals surface area (Å²) in [5.74, 6) is 1.29. The number of guanidine groups is 1. The SMILES string of the molecule is CCNC(=NCc1ccccc1F)NCCCOCc1ccc(OC)cc1. The molecule has 0 fully saturated rings. The van der Waals surface area contributed by atoms with Gasteiger partial charge < -0.3 is 20.1 Å². The zero-order chi connectivity index (χ0) is 19.3. The fraction of sp³-hybridized carbons (Fsp3) is 0.381. The molecule has 0 unspecified atom stereocenters. The van der Waals surface area contributed by atoms with Gasteiger partial charge in [-0.05, 0) is 37.1 Å². The van der Waals surface area contributed by atoms with Crippen LogP contribution in [0.5, 0.6) is 5.75 Å². The van der Waals surface area contributed by atoms with Crippen molar-refractivity contribution in [2.75, 3.05) is 26.8 Å². The van der Waals surface area contributed by atoms with Crippen LogP contribution in [0.4, 0.5) is 4.39 Å². The predicted octanol–water partition coefficient (Wildman–Crippen LogP) is 3.50. The van der Waals surface area contributed by atoms with E-state index >= 15 is 0 Å². The lowest BCUT2D eigenvalue weighted by Gasteiger charge is -2.11. The zero-order valence-electron chi connectivity index (χ0n) is 16.0. The van der Waals surface area contributed by atoms with E-state index in [0.29, 0.717) is 31.3 Å². The number of ether oxygens (including phenoxy) is 2. The molecule has 2 N–H and O–H groups in total. The normalized spacial score (nSPS) is 11.3. The first-order valence-corrected chi connectivity index (χ1v) is 9.19. The Hall–Kier alpha value is -2.60. The minimum Gasteiger partial charge on any atom is -0.497 e. The molecule has 27 heavy (non-hydrogen) atoms. The van der Waals surface area contributed by atoms with Gasteiger partial charge in [0.2, 0.25) is 0 Å². The van der Waals surface area contributed by atoms with Crippen molar-refractivity contribution in [3.63, 3.8) is 0 Å². The first kappa shape index (κ1) is 20.7. The second kappa shape index (κ2) is 11.9. The Labute approximate surface area is 160 Å². The molecule has 0 saturated carbocycles. The summed E-state index contributed by atoms with van der Waals surface area (Å²) >= 11 is 0. The lowest BCUT2D eigenvalue weighted by Crippen LogP contribution is -2.38. The van der Waals surface area contributed by atoms with Crippen molar-refractivity contribution >= 4 is 5.96 Å². The highest BCUT2D eigenvalue weighted by molar-refractivity contribution is 5.79. The van der Waals surface area contributed by atoms with Gasteiger partial charge in [-0.1, -0.05) is 30.3 Å². The second-order valence-electron chi connectivity index (χ2n) is 5.97. The highest BCUT2D eigenvalue weighted by Gasteiger charge is 2.01. The van der Waals surface area contributed by atoms with Crippen molar-refractivity contribution in [2.45, 2.75) is 26.5 Å². The monoisotopic (exact) mass is 373 g/mol. The number of benzene rings is 2. The van der Waals surface area contributed by atoms with E-state index in [4.69, 9.17) is 9.47 Å². The van der Waals surface area contributed by atoms with Crippen LogP contribution in [0.3, 0.4) is 0 Å². The van der Waals surface area contributed by atoms with Crippen LogP contribution in [0.15, 0.2) is 53.5 Å². The Bertz CT molecular complexity index is 705. The molecule has 0 heterocycles. The maximum Gasteiger partial charge on any atom is 0.191 e. The molecule has 0 spiro atoms. The van der Waals surface area contributed by atoms with Gasteiger partial charge in [0.05, 0.1) is 20.3 Å². The summed E-state index contributed by atoms with van der Waals surface area (Å²) in [7, 11) is 1.65. The number of nitrogens with one attached hydrogen (secondary N) is 2. The number of aliphatic imine (C=N–C) groups is 1. The fourth-order valence-electron chi connectivity index (χ4n) is 2.43. The summed E-state index contributed by atoms with van der Waals surface area (Å²) < 4.78 is 24.5. The van der Waals surface area contributed by atoms with E-state index in [1.807, 2.05) is 37.3 Å². The van der Waals surface area contributed by atoms with E-state index in [0.717, 1.165) is 30.8 Å². The summed E-state index contributed by atoms with van der Waals surface area (Å²) in [5, 5.41) is 6.41. The number of methoxy groups -OCH3 is 1. The molecule has 0 amide bonds. The maximum absolute atomic E-state index is 13.7. The van der Waals surface area contributed by atoms with Gasteiger partial charge in [-0.25, -0.2) is 9.38 Å². The van der Waals surface area contributed by atoms with Gasteiger partial charge in [0.15, 0.2) is 5.96 Å². The molecule has 5 nitrogen and oxygen atoms in total. The smallest absolute Gasteiger partial charge is 0.191 e. The van der Waals surface area contributed by atoms with Crippen LogP contribution in [-0.4, -0.2) is 32.8 Å². The standard InChI is InChI=1S/C21H28FN3O2/c1-3-23-21(25-15-18-7-4-5-8-20(18)22)24-13-6-14-27-16-17-9-11-19(26-2)12-10-17/h4-5,7-12H,3,6,13-16H2,1-2H3,(H2,23,24,25). The molecule has 0 radical (unpaired) electrons. The third-order valence-electron chi connectivity index (χ3n) is 3.90. The van der Waals surface area contributed by atoms with Gasteiger partial charge in [-0.15, -0.1) is 0 Å². The quantitative estimate of drug-likeness (QED) is 0.380. The number of halogens is 1. The van der Waals surface area contributed by atoms with E-state index in [9.17, 15) is 4.39 Å². The largest absolute Gasteiger partial charge is 0.497 e. The minimum atomic E-state index is -0.232. The van der Waals surface area contributed by atoms with E-state index in [1.165, 1.54) is 6.07 Å². The molecule has 146 valence electrons. The van der Waals surface area contributed by atoms with Crippen LogP contribution in [-0.2, 0) is 17.9 Å². The molecule has 0 saturated heterocycles. The van der Waals surface area contributed by atoms with Crippen LogP contribution < -0.4 is 15.4 Å². The van der Waals surface area contributed by atoms with Gasteiger partial charge >= 0.3 is 0 Å². The van der Waals surface area contributed by atoms with Crippen LogP contribution >= 0.6 is 0 Å². The summed E-state index contributed by atoms with van der Waals surface area (Å²) in [6.07, 6.45) is 0.847. The lowest BCUT2D eigenvalue weighted by molar-refractivity contribution is 0.119. The van der Waals surface area contributed by atoms with Crippen molar-refractivity contribution in [1.82, 2.24) is 10.6 Å². The third kappa shape index (κ3) is 7.66. The molecule has 0 aliphatic carbocycles. The number of hydrogen-bond donors (Lipinski definition) is 2. The number of hydrogen-bond acceptors (Lipinski definition) is 3. The second-order valence-corrected chi connectivity index (χ2v) is 5.97. The van der Waals surface area contributed by atoms with Crippen molar-refractivity contribution in [3.05, 3.63) is 65.5 Å². The van der Waals surface area contributed by atoms with E-state index in [1.54, 1.807) is 19.2 Å². The Morgan fingerprint density at radius 2 is 1.85 bits per heavy atom. The first-order chi connectivity index (χ1) is 13.2. The number of rotatable bonds is 10. The lowest BCUT2D eigenvalue weighted by atomic mass is 10.2. The highest BCUT2D eigenvalue weighted by Crippen LogP contribution is 2.12. The van der Waals surface area contributed by atoms with Crippen molar-refractivity contribution in [2.24, 2.45) is 4.99 Å². The first-order valence-electron chi connectivity index (χ1n) is 9.19. The summed E-state index contributed by atoms with van der Waals surface area (Å²) in [6.45, 7) is 4.99. The van der Waals surface area contributed by atoms with Crippen LogP contribution in [0.2, 0.25) is 0 Å². The molecule has 0 aromatic heterocycles. The summed E-state index contributed by atoms with van der Waals surface area (Å²) in [5.41, 5.74) is 1.70. The van der Waals surface area contributed by atoms with E-state index in [-0.39, 0.29) is 5.82 Å². The number of nitrogens with zero attached hydrogens (tertiary/aromatic N) is 1. The zero-order valence-corrected chi connectivity index (χ0v) is 16.0. The average molecular weight is 373 g/mol. The molecule has 0 aliphatic heterocycles. The Morgan fingerprint density at radius 1 is 1.07 bits per heavy atom. The maximum atomic E-state index is 13.7. The average Bonchev–Trinajstić information content (AvgIpc) is 2.70. The molecule has 2 rings (SSSR count).